The second-order valence-electron chi connectivity index (χ2n) is 10.5. The van der Waals surface area contributed by atoms with E-state index in [-0.39, 0.29) is 23.9 Å². The molecule has 1 unspecified atom stereocenters. The number of nitrogens with zero attached hydrogens (tertiary/aromatic N) is 7. The first-order valence-electron chi connectivity index (χ1n) is 13.2. The minimum Gasteiger partial charge on any atom is -0.349 e. The zero-order chi connectivity index (χ0) is 25.7. The fourth-order valence-electron chi connectivity index (χ4n) is 5.85. The van der Waals surface area contributed by atoms with Crippen LogP contribution < -0.4 is 9.80 Å². The molecule has 3 aliphatic rings. The van der Waals surface area contributed by atoms with Crippen molar-refractivity contribution in [3.05, 3.63) is 53.3 Å². The molecule has 37 heavy (non-hydrogen) atoms. The third-order valence-corrected chi connectivity index (χ3v) is 7.93. The summed E-state index contributed by atoms with van der Waals surface area (Å²) in [6.07, 6.45) is 3.91. The number of aromatic nitrogens is 3. The highest BCUT2D eigenvalue weighted by Gasteiger charge is 2.39. The Bertz CT molecular complexity index is 1370. The second-order valence-corrected chi connectivity index (χ2v) is 10.5. The number of hydrogen-bond acceptors (Lipinski definition) is 7. The van der Waals surface area contributed by atoms with Gasteiger partial charge in [-0.3, -0.25) is 14.6 Å². The van der Waals surface area contributed by atoms with Crippen molar-refractivity contribution in [1.29, 1.82) is 0 Å². The number of benzene rings is 1. The molecule has 0 radical (unpaired) electrons. The number of hydrogen-bond donors (Lipinski definition) is 0. The van der Waals surface area contributed by atoms with Gasteiger partial charge in [-0.15, -0.1) is 0 Å². The number of rotatable bonds is 4. The van der Waals surface area contributed by atoms with E-state index in [0.29, 0.717) is 44.4 Å². The number of carbonyl (C=O) groups excluding carboxylic acids is 2. The molecule has 2 aromatic heterocycles. The SMILES string of the molecule is CC(=O)N1CCN(c2nc3c(c(N4CCCC4c4ccc5ncccc5c4)n2)CN(C(C)C)C3=O)CC1. The molecule has 9 nitrogen and oxygen atoms in total. The highest BCUT2D eigenvalue weighted by molar-refractivity contribution is 5.98. The first kappa shape index (κ1) is 23.6. The van der Waals surface area contributed by atoms with Crippen LogP contribution in [0.25, 0.3) is 10.9 Å². The Morgan fingerprint density at radius 2 is 1.86 bits per heavy atom. The summed E-state index contributed by atoms with van der Waals surface area (Å²) >= 11 is 0. The lowest BCUT2D eigenvalue weighted by atomic mass is 10.0. The van der Waals surface area contributed by atoms with Crippen molar-refractivity contribution in [2.24, 2.45) is 0 Å². The van der Waals surface area contributed by atoms with E-state index < -0.39 is 0 Å². The molecule has 0 saturated carbocycles. The van der Waals surface area contributed by atoms with Gasteiger partial charge in [-0.2, -0.15) is 4.98 Å². The standard InChI is InChI=1S/C28H33N7O2/c1-18(2)35-17-22-25(27(35)37)30-28(33-14-12-32(13-15-33)19(3)36)31-26(22)34-11-5-7-24(34)21-8-9-23-20(16-21)6-4-10-29-23/h4,6,8-10,16,18,24H,5,7,11-15,17H2,1-3H3. The maximum atomic E-state index is 13.4. The third kappa shape index (κ3) is 4.16. The average Bonchev–Trinajstić information content (AvgIpc) is 3.53. The fourth-order valence-corrected chi connectivity index (χ4v) is 5.85. The van der Waals surface area contributed by atoms with Crippen LogP contribution in [0.15, 0.2) is 36.5 Å². The molecule has 3 aliphatic heterocycles. The van der Waals surface area contributed by atoms with Gasteiger partial charge in [0.1, 0.15) is 11.5 Å². The van der Waals surface area contributed by atoms with Crippen LogP contribution in [0.4, 0.5) is 11.8 Å². The minimum absolute atomic E-state index is 0.0233. The summed E-state index contributed by atoms with van der Waals surface area (Å²) in [5.74, 6) is 1.52. The normalized spacial score (nSPS) is 19.9. The summed E-state index contributed by atoms with van der Waals surface area (Å²) in [7, 11) is 0. The van der Waals surface area contributed by atoms with E-state index >= 15 is 0 Å². The Morgan fingerprint density at radius 3 is 2.62 bits per heavy atom. The first-order chi connectivity index (χ1) is 17.9. The van der Waals surface area contributed by atoms with Crippen LogP contribution in [0, 0.1) is 0 Å². The van der Waals surface area contributed by atoms with Crippen molar-refractivity contribution in [3.63, 3.8) is 0 Å². The number of carbonyl (C=O) groups is 2. The number of pyridine rings is 1. The summed E-state index contributed by atoms with van der Waals surface area (Å²) in [6, 6.07) is 10.8. The number of anilines is 2. The van der Waals surface area contributed by atoms with Gasteiger partial charge in [0.25, 0.3) is 5.91 Å². The van der Waals surface area contributed by atoms with E-state index in [1.54, 1.807) is 6.92 Å². The molecule has 5 heterocycles. The topological polar surface area (TPSA) is 85.8 Å². The van der Waals surface area contributed by atoms with Crippen molar-refractivity contribution in [2.45, 2.75) is 52.2 Å². The van der Waals surface area contributed by atoms with Gasteiger partial charge in [-0.1, -0.05) is 12.1 Å². The zero-order valence-electron chi connectivity index (χ0n) is 21.7. The molecule has 2 fully saturated rings. The molecule has 192 valence electrons. The predicted octanol–water partition coefficient (Wildman–Crippen LogP) is 3.40. The zero-order valence-corrected chi connectivity index (χ0v) is 21.7. The Labute approximate surface area is 217 Å². The van der Waals surface area contributed by atoms with Crippen LogP contribution in [0.5, 0.6) is 0 Å². The molecule has 2 amide bonds. The largest absolute Gasteiger partial charge is 0.349 e. The number of fused-ring (bicyclic) bond motifs is 2. The Morgan fingerprint density at radius 1 is 1.05 bits per heavy atom. The molecule has 2 saturated heterocycles. The Kier molecular flexibility index (Phi) is 5.93. The summed E-state index contributed by atoms with van der Waals surface area (Å²) in [5.41, 5.74) is 3.69. The molecule has 0 aliphatic carbocycles. The predicted molar refractivity (Wildman–Crippen MR) is 143 cm³/mol. The molecular formula is C28H33N7O2. The van der Waals surface area contributed by atoms with Gasteiger partial charge in [-0.05, 0) is 50.5 Å². The quantitative estimate of drug-likeness (QED) is 0.544. The fraction of sp³-hybridized carbons (Fsp3) is 0.464. The van der Waals surface area contributed by atoms with E-state index in [9.17, 15) is 9.59 Å². The lowest BCUT2D eigenvalue weighted by molar-refractivity contribution is -0.129. The first-order valence-corrected chi connectivity index (χ1v) is 13.2. The van der Waals surface area contributed by atoms with Crippen LogP contribution in [-0.4, -0.2) is 75.3 Å². The highest BCUT2D eigenvalue weighted by atomic mass is 16.2. The Hall–Kier alpha value is -3.75. The average molecular weight is 500 g/mol. The number of piperazine rings is 1. The molecule has 1 atom stereocenters. The van der Waals surface area contributed by atoms with Gasteiger partial charge >= 0.3 is 0 Å². The molecule has 1 aromatic carbocycles. The lowest BCUT2D eigenvalue weighted by Crippen LogP contribution is -2.48. The lowest BCUT2D eigenvalue weighted by Gasteiger charge is -2.35. The van der Waals surface area contributed by atoms with Crippen LogP contribution in [-0.2, 0) is 11.3 Å². The van der Waals surface area contributed by atoms with Crippen molar-refractivity contribution in [3.8, 4) is 0 Å². The molecule has 6 rings (SSSR count). The van der Waals surface area contributed by atoms with E-state index in [1.165, 1.54) is 5.56 Å². The van der Waals surface area contributed by atoms with Crippen LogP contribution >= 0.6 is 0 Å². The molecular weight excluding hydrogens is 466 g/mol. The van der Waals surface area contributed by atoms with Crippen molar-refractivity contribution < 1.29 is 9.59 Å². The van der Waals surface area contributed by atoms with Crippen molar-refractivity contribution in [1.82, 2.24) is 24.8 Å². The van der Waals surface area contributed by atoms with E-state index in [2.05, 4.69) is 39.0 Å². The Balaban J connectivity index is 1.40. The smallest absolute Gasteiger partial charge is 0.273 e. The summed E-state index contributed by atoms with van der Waals surface area (Å²) in [5, 5.41) is 1.13. The van der Waals surface area contributed by atoms with Gasteiger partial charge in [0.15, 0.2) is 0 Å². The summed E-state index contributed by atoms with van der Waals surface area (Å²) in [4.78, 5) is 47.9. The maximum absolute atomic E-state index is 13.4. The molecule has 0 bridgehead atoms. The second kappa shape index (κ2) is 9.28. The van der Waals surface area contributed by atoms with Gasteiger partial charge in [0.2, 0.25) is 11.9 Å². The van der Waals surface area contributed by atoms with Crippen LogP contribution in [0.2, 0.25) is 0 Å². The minimum atomic E-state index is -0.0233. The van der Waals surface area contributed by atoms with Crippen molar-refractivity contribution in [2.75, 3.05) is 42.5 Å². The van der Waals surface area contributed by atoms with E-state index in [1.807, 2.05) is 35.9 Å². The molecule has 9 heteroatoms. The van der Waals surface area contributed by atoms with Gasteiger partial charge < -0.3 is 19.6 Å². The van der Waals surface area contributed by atoms with Gasteiger partial charge in [-0.25, -0.2) is 4.98 Å². The maximum Gasteiger partial charge on any atom is 0.273 e. The van der Waals surface area contributed by atoms with Gasteiger partial charge in [0.05, 0.1) is 18.1 Å². The summed E-state index contributed by atoms with van der Waals surface area (Å²) in [6.45, 7) is 9.68. The molecule has 0 spiro atoms. The van der Waals surface area contributed by atoms with Crippen molar-refractivity contribution >= 4 is 34.5 Å². The van der Waals surface area contributed by atoms with Crippen LogP contribution in [0.1, 0.15) is 61.3 Å². The highest BCUT2D eigenvalue weighted by Crippen LogP contribution is 2.41. The third-order valence-electron chi connectivity index (χ3n) is 7.93. The molecule has 0 N–H and O–H groups in total. The number of amides is 2. The monoisotopic (exact) mass is 499 g/mol. The molecule has 3 aromatic rings. The van der Waals surface area contributed by atoms with E-state index in [0.717, 1.165) is 41.7 Å². The van der Waals surface area contributed by atoms with Crippen LogP contribution in [0.3, 0.4) is 0 Å². The summed E-state index contributed by atoms with van der Waals surface area (Å²) < 4.78 is 0. The van der Waals surface area contributed by atoms with E-state index in [4.69, 9.17) is 9.97 Å². The van der Waals surface area contributed by atoms with Gasteiger partial charge in [0, 0.05) is 62.8 Å².